The Morgan fingerprint density at radius 1 is 1.20 bits per heavy atom. The molecule has 1 spiro atoms. The van der Waals surface area contributed by atoms with Crippen LogP contribution in [0, 0.1) is 23.2 Å². The molecule has 4 fully saturated rings. The molecule has 3 saturated carbocycles. The number of fused-ring (bicyclic) bond motifs is 2. The molecule has 0 aromatic carbocycles. The highest BCUT2D eigenvalue weighted by Gasteiger charge is 2.56. The first-order valence-corrected chi connectivity index (χ1v) is 10.2. The molecule has 1 saturated heterocycles. The van der Waals surface area contributed by atoms with Crippen molar-refractivity contribution in [2.45, 2.75) is 70.5 Å². The van der Waals surface area contributed by atoms with Gasteiger partial charge in [0, 0.05) is 49.3 Å². The van der Waals surface area contributed by atoms with Crippen molar-refractivity contribution in [3.8, 4) is 0 Å². The number of ether oxygens (including phenoxy) is 1. The van der Waals surface area contributed by atoms with E-state index >= 15 is 0 Å². The molecule has 0 aromatic rings. The minimum Gasteiger partial charge on any atom is -0.392 e. The second-order valence-corrected chi connectivity index (χ2v) is 8.65. The van der Waals surface area contributed by atoms with Crippen molar-refractivity contribution < 1.29 is 19.4 Å². The number of hydrogen-bond donors (Lipinski definition) is 1. The largest absolute Gasteiger partial charge is 0.392 e. The zero-order valence-electron chi connectivity index (χ0n) is 15.3. The molecular formula is C20H31NO4. The summed E-state index contributed by atoms with van der Waals surface area (Å²) in [5.41, 5.74) is -0.133. The lowest BCUT2D eigenvalue weighted by Gasteiger charge is -2.56. The summed E-state index contributed by atoms with van der Waals surface area (Å²) in [5.74, 6) is 0.976. The number of Topliss-reactive ketones (excluding diaryl/α,β-unsaturated/α-hetero) is 1. The van der Waals surface area contributed by atoms with E-state index in [4.69, 9.17) is 4.74 Å². The van der Waals surface area contributed by atoms with Crippen molar-refractivity contribution >= 4 is 11.7 Å². The Balaban J connectivity index is 1.36. The predicted molar refractivity (Wildman–Crippen MR) is 92.8 cm³/mol. The van der Waals surface area contributed by atoms with Gasteiger partial charge in [-0.2, -0.15) is 0 Å². The Kier molecular flexibility index (Phi) is 4.65. The first-order valence-electron chi connectivity index (χ1n) is 10.2. The highest BCUT2D eigenvalue weighted by molar-refractivity contribution is 5.88. The van der Waals surface area contributed by atoms with Gasteiger partial charge in [0.1, 0.15) is 5.78 Å². The molecule has 25 heavy (non-hydrogen) atoms. The highest BCUT2D eigenvalue weighted by Crippen LogP contribution is 2.51. The van der Waals surface area contributed by atoms with Crippen LogP contribution in [0.2, 0.25) is 0 Å². The van der Waals surface area contributed by atoms with E-state index in [1.807, 2.05) is 11.8 Å². The zero-order valence-corrected chi connectivity index (χ0v) is 15.3. The zero-order chi connectivity index (χ0) is 17.6. The first kappa shape index (κ1) is 17.5. The number of piperidine rings is 1. The van der Waals surface area contributed by atoms with Crippen LogP contribution < -0.4 is 0 Å². The van der Waals surface area contributed by atoms with Gasteiger partial charge < -0.3 is 14.7 Å². The molecule has 1 N–H and O–H groups in total. The van der Waals surface area contributed by atoms with Crippen molar-refractivity contribution in [3.63, 3.8) is 0 Å². The third-order valence-corrected chi connectivity index (χ3v) is 7.51. The number of amides is 1. The Morgan fingerprint density at radius 3 is 2.40 bits per heavy atom. The molecule has 3 aliphatic carbocycles. The van der Waals surface area contributed by atoms with Gasteiger partial charge in [0.05, 0.1) is 12.2 Å². The number of aliphatic hydroxyl groups excluding tert-OH is 1. The number of aliphatic hydroxyl groups is 1. The highest BCUT2D eigenvalue weighted by atomic mass is 16.5. The summed E-state index contributed by atoms with van der Waals surface area (Å²) >= 11 is 0. The van der Waals surface area contributed by atoms with E-state index < -0.39 is 0 Å². The molecule has 5 heteroatoms. The van der Waals surface area contributed by atoms with E-state index in [0.717, 1.165) is 64.5 Å². The SMILES string of the molecule is CCO[C@H]1C[C@H](O)C12CCN(C(=O)C1C[C@H]3CCC[C@@H](C1)C3=O)CC2. The van der Waals surface area contributed by atoms with Gasteiger partial charge in [-0.05, 0) is 45.4 Å². The van der Waals surface area contributed by atoms with E-state index in [9.17, 15) is 14.7 Å². The van der Waals surface area contributed by atoms with E-state index in [-0.39, 0.29) is 41.3 Å². The summed E-state index contributed by atoms with van der Waals surface area (Å²) in [5, 5.41) is 10.3. The minimum absolute atomic E-state index is 0.0380. The van der Waals surface area contributed by atoms with E-state index in [1.54, 1.807) is 0 Å². The van der Waals surface area contributed by atoms with Crippen molar-refractivity contribution in [2.75, 3.05) is 19.7 Å². The van der Waals surface area contributed by atoms with Crippen LogP contribution in [-0.2, 0) is 14.3 Å². The molecule has 1 aliphatic heterocycles. The van der Waals surface area contributed by atoms with Gasteiger partial charge in [-0.1, -0.05) is 6.42 Å². The average molecular weight is 349 g/mol. The molecule has 1 heterocycles. The predicted octanol–water partition coefficient (Wildman–Crippen LogP) is 2.16. The Labute approximate surface area is 150 Å². The number of nitrogens with zero attached hydrogens (tertiary/aromatic N) is 1. The van der Waals surface area contributed by atoms with Gasteiger partial charge in [0.25, 0.3) is 0 Å². The van der Waals surface area contributed by atoms with Gasteiger partial charge in [-0.15, -0.1) is 0 Å². The smallest absolute Gasteiger partial charge is 0.225 e. The molecule has 0 aromatic heterocycles. The lowest BCUT2D eigenvalue weighted by Crippen LogP contribution is -2.63. The first-order chi connectivity index (χ1) is 12.0. The van der Waals surface area contributed by atoms with Crippen LogP contribution in [0.4, 0.5) is 0 Å². The normalized spacial score (nSPS) is 40.0. The molecule has 1 unspecified atom stereocenters. The number of hydrogen-bond acceptors (Lipinski definition) is 4. The number of likely N-dealkylation sites (tertiary alicyclic amines) is 1. The van der Waals surface area contributed by atoms with Gasteiger partial charge in [-0.25, -0.2) is 0 Å². The monoisotopic (exact) mass is 349 g/mol. The summed E-state index contributed by atoms with van der Waals surface area (Å²) in [6, 6.07) is 0. The van der Waals surface area contributed by atoms with Crippen LogP contribution in [0.15, 0.2) is 0 Å². The third kappa shape index (κ3) is 2.84. The third-order valence-electron chi connectivity index (χ3n) is 7.51. The topological polar surface area (TPSA) is 66.8 Å². The van der Waals surface area contributed by atoms with Crippen LogP contribution in [0.25, 0.3) is 0 Å². The molecule has 0 radical (unpaired) electrons. The summed E-state index contributed by atoms with van der Waals surface area (Å²) in [4.78, 5) is 27.3. The molecule has 2 bridgehead atoms. The van der Waals surface area contributed by atoms with Gasteiger partial charge in [-0.3, -0.25) is 9.59 Å². The number of carbonyl (C=O) groups excluding carboxylic acids is 2. The second kappa shape index (κ2) is 6.66. The quantitative estimate of drug-likeness (QED) is 0.848. The van der Waals surface area contributed by atoms with Crippen molar-refractivity contribution in [1.82, 2.24) is 4.90 Å². The summed E-state index contributed by atoms with van der Waals surface area (Å²) in [6.45, 7) is 4.12. The Bertz CT molecular complexity index is 522. The standard InChI is InChI=1S/C20H31NO4/c1-2-25-17-12-16(22)20(17)6-8-21(9-7-20)19(24)15-10-13-4-3-5-14(11-15)18(13)23/h13-17,22H,2-12H2,1H3/t13-,14+,15?,16-,17-/m0/s1. The van der Waals surface area contributed by atoms with Gasteiger partial charge >= 0.3 is 0 Å². The van der Waals surface area contributed by atoms with E-state index in [0.29, 0.717) is 12.4 Å². The average Bonchev–Trinajstić information content (AvgIpc) is 2.61. The summed E-state index contributed by atoms with van der Waals surface area (Å²) in [6.07, 6.45) is 6.89. The van der Waals surface area contributed by atoms with Gasteiger partial charge in [0.2, 0.25) is 5.91 Å². The van der Waals surface area contributed by atoms with Crippen LogP contribution in [-0.4, -0.2) is 53.6 Å². The van der Waals surface area contributed by atoms with Crippen molar-refractivity contribution in [1.29, 1.82) is 0 Å². The molecule has 4 rings (SSSR count). The fourth-order valence-corrected chi connectivity index (χ4v) is 5.90. The Hall–Kier alpha value is -0.940. The fraction of sp³-hybridized carbons (Fsp3) is 0.900. The number of rotatable bonds is 3. The minimum atomic E-state index is -0.284. The Morgan fingerprint density at radius 2 is 1.84 bits per heavy atom. The number of carbonyl (C=O) groups is 2. The van der Waals surface area contributed by atoms with Crippen LogP contribution >= 0.6 is 0 Å². The maximum absolute atomic E-state index is 13.0. The fourth-order valence-electron chi connectivity index (χ4n) is 5.90. The van der Waals surface area contributed by atoms with E-state index in [1.165, 1.54) is 0 Å². The molecule has 140 valence electrons. The summed E-state index contributed by atoms with van der Waals surface area (Å²) in [7, 11) is 0. The number of ketones is 1. The molecular weight excluding hydrogens is 318 g/mol. The van der Waals surface area contributed by atoms with Crippen molar-refractivity contribution in [3.05, 3.63) is 0 Å². The second-order valence-electron chi connectivity index (χ2n) is 8.65. The molecule has 4 aliphatic rings. The molecule has 5 atom stereocenters. The lowest BCUT2D eigenvalue weighted by molar-refractivity contribution is -0.210. The van der Waals surface area contributed by atoms with Crippen LogP contribution in [0.3, 0.4) is 0 Å². The van der Waals surface area contributed by atoms with Crippen LogP contribution in [0.1, 0.15) is 58.3 Å². The van der Waals surface area contributed by atoms with E-state index in [2.05, 4.69) is 0 Å². The molecule has 1 amide bonds. The molecule has 5 nitrogen and oxygen atoms in total. The van der Waals surface area contributed by atoms with Crippen molar-refractivity contribution in [2.24, 2.45) is 23.2 Å². The maximum Gasteiger partial charge on any atom is 0.225 e. The maximum atomic E-state index is 13.0. The van der Waals surface area contributed by atoms with Crippen LogP contribution in [0.5, 0.6) is 0 Å². The lowest BCUT2D eigenvalue weighted by atomic mass is 9.58. The van der Waals surface area contributed by atoms with Gasteiger partial charge in [0.15, 0.2) is 0 Å². The summed E-state index contributed by atoms with van der Waals surface area (Å²) < 4.78 is 5.81.